The van der Waals surface area contributed by atoms with Gasteiger partial charge in [-0.05, 0) is 6.08 Å². The molecule has 1 aliphatic carbocycles. The van der Waals surface area contributed by atoms with Crippen molar-refractivity contribution in [2.24, 2.45) is 0 Å². The summed E-state index contributed by atoms with van der Waals surface area (Å²) in [4.78, 5) is 45.0. The summed E-state index contributed by atoms with van der Waals surface area (Å²) in [6.07, 6.45) is 0.0562. The van der Waals surface area contributed by atoms with Crippen LogP contribution in [0, 0.1) is 0 Å². The van der Waals surface area contributed by atoms with Crippen LogP contribution in [-0.4, -0.2) is 48.2 Å². The van der Waals surface area contributed by atoms with Crippen LogP contribution in [0.25, 0.3) is 0 Å². The molecule has 8 nitrogen and oxygen atoms in total. The van der Waals surface area contributed by atoms with Gasteiger partial charge in [-0.3, -0.25) is 19.2 Å². The van der Waals surface area contributed by atoms with Gasteiger partial charge >= 0.3 is 17.9 Å². The summed E-state index contributed by atoms with van der Waals surface area (Å²) in [7, 11) is 0. The second-order valence-electron chi connectivity index (χ2n) is 4.83. The van der Waals surface area contributed by atoms with Gasteiger partial charge in [-0.1, -0.05) is 6.08 Å². The molecule has 0 aliphatic heterocycles. The van der Waals surface area contributed by atoms with Gasteiger partial charge in [-0.25, -0.2) is 0 Å². The van der Waals surface area contributed by atoms with Crippen LogP contribution in [-0.2, 0) is 33.4 Å². The van der Waals surface area contributed by atoms with Crippen molar-refractivity contribution in [2.75, 3.05) is 0 Å². The highest BCUT2D eigenvalue weighted by Crippen LogP contribution is 2.23. The lowest BCUT2D eigenvalue weighted by Gasteiger charge is -2.37. The molecule has 1 rings (SSSR count). The second-order valence-corrected chi connectivity index (χ2v) is 4.83. The Morgan fingerprint density at radius 1 is 0.773 bits per heavy atom. The fourth-order valence-electron chi connectivity index (χ4n) is 2.16. The molecule has 1 N–H and O–H groups in total. The quantitative estimate of drug-likeness (QED) is 0.437. The molecule has 4 atom stereocenters. The minimum absolute atomic E-state index is 0.348. The molecule has 0 saturated carbocycles. The fourth-order valence-corrected chi connectivity index (χ4v) is 2.16. The molecule has 1 aliphatic rings. The number of amides is 1. The highest BCUT2D eigenvalue weighted by Gasteiger charge is 2.43. The minimum Gasteiger partial charge on any atom is -0.456 e. The van der Waals surface area contributed by atoms with Crippen LogP contribution in [0.4, 0.5) is 0 Å². The van der Waals surface area contributed by atoms with Crippen LogP contribution in [0.2, 0.25) is 0 Å². The molecule has 0 bridgehead atoms. The zero-order chi connectivity index (χ0) is 16.9. The first-order valence-electron chi connectivity index (χ1n) is 6.67. The van der Waals surface area contributed by atoms with Crippen molar-refractivity contribution in [1.82, 2.24) is 5.32 Å². The zero-order valence-electron chi connectivity index (χ0n) is 12.8. The first-order chi connectivity index (χ1) is 10.2. The number of esters is 3. The van der Waals surface area contributed by atoms with Gasteiger partial charge in [0.2, 0.25) is 5.91 Å². The molecule has 1 amide bonds. The Morgan fingerprint density at radius 2 is 1.27 bits per heavy atom. The molecule has 0 aromatic heterocycles. The Balaban J connectivity index is 3.11. The van der Waals surface area contributed by atoms with Crippen molar-refractivity contribution >= 4 is 23.8 Å². The molecule has 122 valence electrons. The van der Waals surface area contributed by atoms with E-state index in [0.29, 0.717) is 0 Å². The van der Waals surface area contributed by atoms with Gasteiger partial charge in [0.05, 0.1) is 6.04 Å². The summed E-state index contributed by atoms with van der Waals surface area (Å²) in [6, 6.07) is -0.697. The van der Waals surface area contributed by atoms with E-state index in [4.69, 9.17) is 14.2 Å². The molecule has 22 heavy (non-hydrogen) atoms. The average molecular weight is 313 g/mol. The van der Waals surface area contributed by atoms with Crippen molar-refractivity contribution in [3.8, 4) is 0 Å². The number of carbonyl (C=O) groups excluding carboxylic acids is 4. The molecular weight excluding hydrogens is 294 g/mol. The molecule has 0 aromatic carbocycles. The monoisotopic (exact) mass is 313 g/mol. The van der Waals surface area contributed by atoms with Crippen molar-refractivity contribution in [2.45, 2.75) is 52.0 Å². The summed E-state index contributed by atoms with van der Waals surface area (Å²) >= 11 is 0. The van der Waals surface area contributed by atoms with E-state index in [0.717, 1.165) is 0 Å². The highest BCUT2D eigenvalue weighted by molar-refractivity contribution is 5.74. The maximum absolute atomic E-state index is 11.3. The molecule has 0 heterocycles. The van der Waals surface area contributed by atoms with Crippen molar-refractivity contribution in [3.63, 3.8) is 0 Å². The number of nitrogens with one attached hydrogen (secondary N) is 1. The Kier molecular flexibility index (Phi) is 6.09. The van der Waals surface area contributed by atoms with Gasteiger partial charge in [0.1, 0.15) is 0 Å². The van der Waals surface area contributed by atoms with Crippen molar-refractivity contribution in [1.29, 1.82) is 0 Å². The lowest BCUT2D eigenvalue weighted by atomic mass is 9.93. The summed E-state index contributed by atoms with van der Waals surface area (Å²) in [5, 5.41) is 2.58. The van der Waals surface area contributed by atoms with E-state index < -0.39 is 42.3 Å². The van der Waals surface area contributed by atoms with Crippen LogP contribution >= 0.6 is 0 Å². The molecular formula is C14H19NO7. The van der Waals surface area contributed by atoms with Crippen LogP contribution < -0.4 is 5.32 Å². The summed E-state index contributed by atoms with van der Waals surface area (Å²) in [5.74, 6) is -2.17. The van der Waals surface area contributed by atoms with Crippen LogP contribution in [0.3, 0.4) is 0 Å². The van der Waals surface area contributed by atoms with Gasteiger partial charge in [-0.15, -0.1) is 0 Å². The standard InChI is InChI=1S/C14H19NO7/c1-7(16)15-11-5-6-12(20-8(2)17)14(22-10(4)19)13(11)21-9(3)18/h5-6,11-14H,1-4H3,(H,15,16)/t11-,12+,13-,14+/m0/s1. The van der Waals surface area contributed by atoms with Crippen LogP contribution in [0.5, 0.6) is 0 Å². The summed E-state index contributed by atoms with van der Waals surface area (Å²) in [5.41, 5.74) is 0. The predicted octanol–water partition coefficient (Wildman–Crippen LogP) is -0.144. The first kappa shape index (κ1) is 17.7. The molecule has 0 fully saturated rings. The molecule has 0 radical (unpaired) electrons. The van der Waals surface area contributed by atoms with Gasteiger partial charge in [-0.2, -0.15) is 0 Å². The maximum atomic E-state index is 11.3. The number of carbonyl (C=O) groups is 4. The normalized spacial score (nSPS) is 26.7. The average Bonchev–Trinajstić information content (AvgIpc) is 2.34. The van der Waals surface area contributed by atoms with E-state index >= 15 is 0 Å². The van der Waals surface area contributed by atoms with E-state index in [1.54, 1.807) is 0 Å². The fraction of sp³-hybridized carbons (Fsp3) is 0.571. The predicted molar refractivity (Wildman–Crippen MR) is 73.4 cm³/mol. The largest absolute Gasteiger partial charge is 0.456 e. The molecule has 0 saturated heterocycles. The zero-order valence-corrected chi connectivity index (χ0v) is 12.8. The molecule has 0 unspecified atom stereocenters. The van der Waals surface area contributed by atoms with Crippen molar-refractivity contribution in [3.05, 3.63) is 12.2 Å². The third-order valence-electron chi connectivity index (χ3n) is 2.79. The van der Waals surface area contributed by atoms with E-state index in [-0.39, 0.29) is 5.91 Å². The third-order valence-corrected chi connectivity index (χ3v) is 2.79. The van der Waals surface area contributed by atoms with E-state index in [9.17, 15) is 19.2 Å². The number of rotatable bonds is 4. The van der Waals surface area contributed by atoms with Gasteiger partial charge in [0, 0.05) is 27.7 Å². The molecule has 0 spiro atoms. The van der Waals surface area contributed by atoms with E-state index in [1.165, 1.54) is 39.8 Å². The highest BCUT2D eigenvalue weighted by atomic mass is 16.6. The third kappa shape index (κ3) is 5.19. The van der Waals surface area contributed by atoms with Gasteiger partial charge in [0.15, 0.2) is 18.3 Å². The van der Waals surface area contributed by atoms with Crippen molar-refractivity contribution < 1.29 is 33.4 Å². The maximum Gasteiger partial charge on any atom is 0.303 e. The smallest absolute Gasteiger partial charge is 0.303 e. The Labute approximate surface area is 127 Å². The van der Waals surface area contributed by atoms with Crippen LogP contribution in [0.15, 0.2) is 12.2 Å². The van der Waals surface area contributed by atoms with E-state index in [1.807, 2.05) is 0 Å². The molecule has 0 aromatic rings. The lowest BCUT2D eigenvalue weighted by Crippen LogP contribution is -2.56. The van der Waals surface area contributed by atoms with Crippen LogP contribution in [0.1, 0.15) is 27.7 Å². The number of hydrogen-bond acceptors (Lipinski definition) is 7. The lowest BCUT2D eigenvalue weighted by molar-refractivity contribution is -0.182. The number of hydrogen-bond donors (Lipinski definition) is 1. The van der Waals surface area contributed by atoms with Gasteiger partial charge < -0.3 is 19.5 Å². The summed E-state index contributed by atoms with van der Waals surface area (Å²) in [6.45, 7) is 4.88. The topological polar surface area (TPSA) is 108 Å². The Morgan fingerprint density at radius 3 is 1.73 bits per heavy atom. The summed E-state index contributed by atoms with van der Waals surface area (Å²) < 4.78 is 15.4. The second kappa shape index (κ2) is 7.58. The first-order valence-corrected chi connectivity index (χ1v) is 6.67. The molecule has 8 heteroatoms. The minimum atomic E-state index is -1.05. The SMILES string of the molecule is CC(=O)N[C@H]1C=C[C@@H](OC(C)=O)[C@@H](OC(C)=O)[C@H]1OC(C)=O. The van der Waals surface area contributed by atoms with Gasteiger partial charge in [0.25, 0.3) is 0 Å². The number of ether oxygens (including phenoxy) is 3. The Bertz CT molecular complexity index is 455. The Hall–Kier alpha value is -2.38. The van der Waals surface area contributed by atoms with E-state index in [2.05, 4.69) is 5.32 Å².